The zero-order chi connectivity index (χ0) is 16.8. The van der Waals surface area contributed by atoms with Gasteiger partial charge in [0.25, 0.3) is 0 Å². The molecule has 0 aliphatic carbocycles. The number of carbonyl (C=O) groups is 2. The largest absolute Gasteiger partial charge is 0.495 e. The molecule has 120 valence electrons. The number of urea groups is 1. The van der Waals surface area contributed by atoms with Crippen LogP contribution in [0.5, 0.6) is 5.75 Å². The van der Waals surface area contributed by atoms with Crippen molar-refractivity contribution in [2.24, 2.45) is 0 Å². The monoisotopic (exact) mass is 334 g/mol. The van der Waals surface area contributed by atoms with E-state index in [0.717, 1.165) is 0 Å². The highest BCUT2D eigenvalue weighted by Crippen LogP contribution is 2.27. The van der Waals surface area contributed by atoms with Crippen molar-refractivity contribution in [1.29, 1.82) is 0 Å². The molecule has 0 spiro atoms. The van der Waals surface area contributed by atoms with Crippen molar-refractivity contribution in [3.8, 4) is 5.75 Å². The van der Waals surface area contributed by atoms with Gasteiger partial charge in [-0.15, -0.1) is 0 Å². The lowest BCUT2D eigenvalue weighted by molar-refractivity contribution is 0.0601. The van der Waals surface area contributed by atoms with Crippen LogP contribution in [0.3, 0.4) is 0 Å². The smallest absolute Gasteiger partial charge is 0.337 e. The van der Waals surface area contributed by atoms with Crippen LogP contribution >= 0.6 is 11.6 Å². The Morgan fingerprint density at radius 3 is 2.30 bits per heavy atom. The number of carbonyl (C=O) groups excluding carboxylic acids is 2. The summed E-state index contributed by atoms with van der Waals surface area (Å²) in [4.78, 5) is 23.4. The van der Waals surface area contributed by atoms with Crippen LogP contribution < -0.4 is 15.4 Å². The number of methoxy groups -OCH3 is 2. The molecule has 7 heteroatoms. The molecular weight excluding hydrogens is 320 g/mol. The fourth-order valence-electron chi connectivity index (χ4n) is 1.87. The van der Waals surface area contributed by atoms with Crippen LogP contribution in [0, 0.1) is 0 Å². The van der Waals surface area contributed by atoms with Gasteiger partial charge >= 0.3 is 12.0 Å². The van der Waals surface area contributed by atoms with Gasteiger partial charge in [-0.2, -0.15) is 0 Å². The molecule has 2 rings (SSSR count). The average Bonchev–Trinajstić information content (AvgIpc) is 2.55. The van der Waals surface area contributed by atoms with Crippen molar-refractivity contribution in [2.75, 3.05) is 24.9 Å². The number of hydrogen-bond acceptors (Lipinski definition) is 4. The predicted octanol–water partition coefficient (Wildman–Crippen LogP) is 3.78. The number of nitrogens with one attached hydrogen (secondary N) is 2. The van der Waals surface area contributed by atoms with Crippen molar-refractivity contribution in [3.05, 3.63) is 53.1 Å². The quantitative estimate of drug-likeness (QED) is 0.834. The maximum atomic E-state index is 12.0. The molecule has 0 aliphatic heterocycles. The maximum Gasteiger partial charge on any atom is 0.337 e. The summed E-state index contributed by atoms with van der Waals surface area (Å²) in [6, 6.07) is 10.7. The third kappa shape index (κ3) is 4.37. The Labute approximate surface area is 138 Å². The molecule has 0 saturated carbocycles. The summed E-state index contributed by atoms with van der Waals surface area (Å²) in [6.07, 6.45) is 0. The number of halogens is 1. The van der Waals surface area contributed by atoms with E-state index >= 15 is 0 Å². The zero-order valence-electron chi connectivity index (χ0n) is 12.6. The molecule has 2 aromatic carbocycles. The van der Waals surface area contributed by atoms with Crippen LogP contribution in [-0.2, 0) is 4.74 Å². The summed E-state index contributed by atoms with van der Waals surface area (Å²) >= 11 is 5.91. The van der Waals surface area contributed by atoms with Crippen LogP contribution in [0.4, 0.5) is 16.2 Å². The normalized spacial score (nSPS) is 9.87. The molecule has 0 bridgehead atoms. The summed E-state index contributed by atoms with van der Waals surface area (Å²) in [7, 11) is 2.80. The van der Waals surface area contributed by atoms with Crippen LogP contribution in [0.15, 0.2) is 42.5 Å². The third-order valence-corrected chi connectivity index (χ3v) is 3.21. The van der Waals surface area contributed by atoms with Gasteiger partial charge in [0.2, 0.25) is 0 Å². The summed E-state index contributed by atoms with van der Waals surface area (Å²) in [5.41, 5.74) is 1.37. The van der Waals surface area contributed by atoms with Crippen molar-refractivity contribution < 1.29 is 19.1 Å². The first-order valence-electron chi connectivity index (χ1n) is 6.63. The molecule has 6 nitrogen and oxygen atoms in total. The lowest BCUT2D eigenvalue weighted by atomic mass is 10.2. The van der Waals surface area contributed by atoms with Gasteiger partial charge in [0.1, 0.15) is 5.75 Å². The van der Waals surface area contributed by atoms with E-state index in [9.17, 15) is 9.59 Å². The Morgan fingerprint density at radius 2 is 1.70 bits per heavy atom. The summed E-state index contributed by atoms with van der Waals surface area (Å²) in [5, 5.41) is 5.77. The minimum absolute atomic E-state index is 0.398. The van der Waals surface area contributed by atoms with Gasteiger partial charge in [0.15, 0.2) is 0 Å². The maximum absolute atomic E-state index is 12.0. The van der Waals surface area contributed by atoms with E-state index in [2.05, 4.69) is 15.4 Å². The van der Waals surface area contributed by atoms with Crippen LogP contribution in [0.25, 0.3) is 0 Å². The first-order chi connectivity index (χ1) is 11.0. The van der Waals surface area contributed by atoms with E-state index in [-0.39, 0.29) is 0 Å². The minimum Gasteiger partial charge on any atom is -0.495 e. The number of rotatable bonds is 4. The van der Waals surface area contributed by atoms with E-state index < -0.39 is 12.0 Å². The molecule has 0 radical (unpaired) electrons. The van der Waals surface area contributed by atoms with Crippen molar-refractivity contribution in [1.82, 2.24) is 0 Å². The van der Waals surface area contributed by atoms with Gasteiger partial charge in [-0.25, -0.2) is 9.59 Å². The first-order valence-corrected chi connectivity index (χ1v) is 7.01. The SMILES string of the molecule is COC(=O)c1ccc(NC(=O)Nc2cc(Cl)ccc2OC)cc1. The fraction of sp³-hybridized carbons (Fsp3) is 0.125. The van der Waals surface area contributed by atoms with Gasteiger partial charge in [-0.3, -0.25) is 0 Å². The molecule has 0 atom stereocenters. The van der Waals surface area contributed by atoms with E-state index in [1.54, 1.807) is 42.5 Å². The molecule has 0 aromatic heterocycles. The highest BCUT2D eigenvalue weighted by atomic mass is 35.5. The van der Waals surface area contributed by atoms with Gasteiger partial charge in [-0.1, -0.05) is 11.6 Å². The van der Waals surface area contributed by atoms with Crippen LogP contribution in [0.2, 0.25) is 5.02 Å². The van der Waals surface area contributed by atoms with Gasteiger partial charge in [0, 0.05) is 10.7 Å². The van der Waals surface area contributed by atoms with E-state index in [4.69, 9.17) is 16.3 Å². The molecule has 23 heavy (non-hydrogen) atoms. The Kier molecular flexibility index (Phi) is 5.43. The predicted molar refractivity (Wildman–Crippen MR) is 88.4 cm³/mol. The van der Waals surface area contributed by atoms with E-state index in [1.165, 1.54) is 14.2 Å². The molecule has 2 aromatic rings. The van der Waals surface area contributed by atoms with Crippen molar-refractivity contribution in [3.63, 3.8) is 0 Å². The highest BCUT2D eigenvalue weighted by Gasteiger charge is 2.09. The minimum atomic E-state index is -0.462. The lowest BCUT2D eigenvalue weighted by Crippen LogP contribution is -2.19. The van der Waals surface area contributed by atoms with Gasteiger partial charge in [-0.05, 0) is 42.5 Å². The standard InChI is InChI=1S/C16H15ClN2O4/c1-22-14-8-5-11(17)9-13(14)19-16(21)18-12-6-3-10(4-7-12)15(20)23-2/h3-9H,1-2H3,(H2,18,19,21). The number of amides is 2. The second kappa shape index (κ2) is 7.51. The number of ether oxygens (including phenoxy) is 2. The fourth-order valence-corrected chi connectivity index (χ4v) is 2.04. The molecule has 2 N–H and O–H groups in total. The first kappa shape index (κ1) is 16.6. The molecule has 0 unspecified atom stereocenters. The second-order valence-electron chi connectivity index (χ2n) is 4.49. The van der Waals surface area contributed by atoms with E-state index in [1.807, 2.05) is 0 Å². The number of anilines is 2. The highest BCUT2D eigenvalue weighted by molar-refractivity contribution is 6.31. The van der Waals surface area contributed by atoms with Crippen LogP contribution in [-0.4, -0.2) is 26.2 Å². The molecule has 0 fully saturated rings. The second-order valence-corrected chi connectivity index (χ2v) is 4.93. The number of benzene rings is 2. The number of esters is 1. The van der Waals surface area contributed by atoms with E-state index in [0.29, 0.717) is 27.7 Å². The van der Waals surface area contributed by atoms with Gasteiger partial charge in [0.05, 0.1) is 25.5 Å². The van der Waals surface area contributed by atoms with Gasteiger partial charge < -0.3 is 20.1 Å². The molecule has 0 aliphatic rings. The third-order valence-electron chi connectivity index (χ3n) is 2.97. The van der Waals surface area contributed by atoms with Crippen LogP contribution in [0.1, 0.15) is 10.4 Å². The Morgan fingerprint density at radius 1 is 1.00 bits per heavy atom. The average molecular weight is 335 g/mol. The Bertz CT molecular complexity index is 717. The topological polar surface area (TPSA) is 76.7 Å². The molecular formula is C16H15ClN2O4. The lowest BCUT2D eigenvalue weighted by Gasteiger charge is -2.11. The Hall–Kier alpha value is -2.73. The molecule has 0 saturated heterocycles. The molecule has 2 amide bonds. The summed E-state index contributed by atoms with van der Waals surface area (Å²) in [6.45, 7) is 0. The summed E-state index contributed by atoms with van der Waals surface area (Å²) < 4.78 is 9.76. The number of hydrogen-bond donors (Lipinski definition) is 2. The van der Waals surface area contributed by atoms with Crippen molar-refractivity contribution in [2.45, 2.75) is 0 Å². The summed E-state index contributed by atoms with van der Waals surface area (Å²) in [5.74, 6) is 0.0512. The zero-order valence-corrected chi connectivity index (χ0v) is 13.3. The van der Waals surface area contributed by atoms with Crippen molar-refractivity contribution >= 4 is 35.0 Å². The molecule has 0 heterocycles. The Balaban J connectivity index is 2.05.